The Labute approximate surface area is 186 Å². The summed E-state index contributed by atoms with van der Waals surface area (Å²) in [5, 5.41) is 3.69. The number of nitrogens with one attached hydrogen (secondary N) is 1. The lowest BCUT2D eigenvalue weighted by Crippen LogP contribution is -2.54. The molecule has 5 N–H and O–H groups in total. The number of carbonyl (C=O) groups is 1. The van der Waals surface area contributed by atoms with Gasteiger partial charge in [0.25, 0.3) is 0 Å². The number of fused-ring (bicyclic) bond motifs is 2. The predicted octanol–water partition coefficient (Wildman–Crippen LogP) is 0.780. The second-order valence-electron chi connectivity index (χ2n) is 9.57. The minimum Gasteiger partial charge on any atom is -0.382 e. The van der Waals surface area contributed by atoms with E-state index in [1.54, 1.807) is 6.33 Å². The molecule has 0 bridgehead atoms. The second kappa shape index (κ2) is 7.62. The molecule has 2 saturated heterocycles. The molecule has 1 aliphatic carbocycles. The van der Waals surface area contributed by atoms with E-state index in [2.05, 4.69) is 20.3 Å². The van der Waals surface area contributed by atoms with Crippen molar-refractivity contribution >= 4 is 22.9 Å². The number of nitrogen functional groups attached to an aromatic ring is 1. The number of anilines is 1. The molecular weight excluding hydrogens is 414 g/mol. The highest BCUT2D eigenvalue weighted by Crippen LogP contribution is 2.46. The molecule has 0 radical (unpaired) electrons. The van der Waals surface area contributed by atoms with Crippen molar-refractivity contribution in [2.45, 2.75) is 81.6 Å². The first-order valence-electron chi connectivity index (χ1n) is 11.2. The van der Waals surface area contributed by atoms with Crippen LogP contribution in [0.3, 0.4) is 0 Å². The van der Waals surface area contributed by atoms with E-state index in [-0.39, 0.29) is 23.7 Å². The summed E-state index contributed by atoms with van der Waals surface area (Å²) in [4.78, 5) is 24.3. The lowest BCUT2D eigenvalue weighted by atomic mass is 9.73. The molecule has 3 aliphatic rings. The largest absolute Gasteiger partial charge is 0.382 e. The number of hydrogen-bond acceptors (Lipinski definition) is 9. The fourth-order valence-corrected chi connectivity index (χ4v) is 5.31. The highest BCUT2D eigenvalue weighted by Gasteiger charge is 2.60. The average Bonchev–Trinajstić information content (AvgIpc) is 3.36. The fraction of sp³-hybridized carbons (Fsp3) is 0.714. The number of nitrogens with zero attached hydrogens (tertiary/aromatic N) is 4. The van der Waals surface area contributed by atoms with Gasteiger partial charge in [0.15, 0.2) is 23.0 Å². The summed E-state index contributed by atoms with van der Waals surface area (Å²) < 4.78 is 20.8. The minimum atomic E-state index is -0.865. The van der Waals surface area contributed by atoms with Crippen molar-refractivity contribution in [3.8, 4) is 0 Å². The van der Waals surface area contributed by atoms with Crippen LogP contribution >= 0.6 is 0 Å². The number of amides is 1. The van der Waals surface area contributed by atoms with Crippen molar-refractivity contribution in [3.05, 3.63) is 12.7 Å². The van der Waals surface area contributed by atoms with Gasteiger partial charge in [0.05, 0.1) is 12.9 Å². The second-order valence-corrected chi connectivity index (χ2v) is 9.57. The molecule has 1 amide bonds. The Bertz CT molecular complexity index is 1020. The van der Waals surface area contributed by atoms with Gasteiger partial charge in [-0.15, -0.1) is 0 Å². The molecule has 32 heavy (non-hydrogen) atoms. The number of hydrogen-bond donors (Lipinski definition) is 3. The van der Waals surface area contributed by atoms with Crippen LogP contribution in [0, 0.1) is 0 Å². The van der Waals surface area contributed by atoms with E-state index in [1.165, 1.54) is 6.33 Å². The summed E-state index contributed by atoms with van der Waals surface area (Å²) in [5.41, 5.74) is 11.6. The van der Waals surface area contributed by atoms with Gasteiger partial charge in [-0.3, -0.25) is 9.36 Å². The van der Waals surface area contributed by atoms with Gasteiger partial charge in [-0.2, -0.15) is 0 Å². The molecule has 0 aromatic carbocycles. The zero-order valence-corrected chi connectivity index (χ0v) is 18.5. The smallest absolute Gasteiger partial charge is 0.217 e. The van der Waals surface area contributed by atoms with Crippen LogP contribution in [0.5, 0.6) is 0 Å². The van der Waals surface area contributed by atoms with Crippen LogP contribution in [0.1, 0.15) is 52.4 Å². The number of nitrogens with two attached hydrogens (primary N) is 2. The van der Waals surface area contributed by atoms with Gasteiger partial charge in [0.2, 0.25) is 5.91 Å². The highest BCUT2D eigenvalue weighted by atomic mass is 16.8. The molecule has 5 rings (SSSR count). The lowest BCUT2D eigenvalue weighted by Gasteiger charge is -2.44. The van der Waals surface area contributed by atoms with E-state index < -0.39 is 11.5 Å². The van der Waals surface area contributed by atoms with Gasteiger partial charge in [0, 0.05) is 24.9 Å². The predicted molar refractivity (Wildman–Crippen MR) is 115 cm³/mol. The van der Waals surface area contributed by atoms with Crippen molar-refractivity contribution in [1.29, 1.82) is 0 Å². The van der Waals surface area contributed by atoms with Gasteiger partial charge < -0.3 is 31.0 Å². The van der Waals surface area contributed by atoms with Crippen LogP contribution in [-0.4, -0.2) is 62.1 Å². The summed E-state index contributed by atoms with van der Waals surface area (Å²) >= 11 is 0. The molecule has 0 unspecified atom stereocenters. The van der Waals surface area contributed by atoms with E-state index in [0.29, 0.717) is 43.0 Å². The Morgan fingerprint density at radius 1 is 1.25 bits per heavy atom. The molecule has 11 nitrogen and oxygen atoms in total. The third-order valence-corrected chi connectivity index (χ3v) is 7.04. The fourth-order valence-electron chi connectivity index (χ4n) is 5.31. The zero-order valence-electron chi connectivity index (χ0n) is 18.5. The molecule has 0 spiro atoms. The number of carbonyl (C=O) groups excluding carboxylic acids is 1. The molecule has 11 heteroatoms. The first-order valence-corrected chi connectivity index (χ1v) is 11.2. The topological polar surface area (TPSA) is 152 Å². The zero-order chi connectivity index (χ0) is 22.6. The first kappa shape index (κ1) is 21.5. The Kier molecular flexibility index (Phi) is 5.12. The normalized spacial score (nSPS) is 30.3. The van der Waals surface area contributed by atoms with Crippen LogP contribution in [0.2, 0.25) is 0 Å². The Hall–Kier alpha value is -2.34. The van der Waals surface area contributed by atoms with Crippen LogP contribution in [-0.2, 0) is 24.7 Å². The van der Waals surface area contributed by atoms with Crippen molar-refractivity contribution in [3.63, 3.8) is 0 Å². The van der Waals surface area contributed by atoms with E-state index >= 15 is 0 Å². The molecule has 2 aliphatic heterocycles. The summed E-state index contributed by atoms with van der Waals surface area (Å²) in [6.45, 7) is 4.88. The molecule has 3 atom stereocenters. The van der Waals surface area contributed by atoms with Gasteiger partial charge in [-0.25, -0.2) is 15.0 Å². The SMILES string of the molecule is CC1(C)O[C@@H]2[C@@H](CO[C@@]2(CCNC2(CCC(N)=O)CCC2)n2cnc3c(N)ncnc32)O1. The third-order valence-electron chi connectivity index (χ3n) is 7.04. The van der Waals surface area contributed by atoms with E-state index in [0.717, 1.165) is 25.7 Å². The van der Waals surface area contributed by atoms with Gasteiger partial charge in [0.1, 0.15) is 24.1 Å². The third kappa shape index (κ3) is 3.53. The van der Waals surface area contributed by atoms with E-state index in [1.807, 2.05) is 18.4 Å². The summed E-state index contributed by atoms with van der Waals surface area (Å²) in [5.74, 6) is -0.656. The monoisotopic (exact) mass is 445 g/mol. The Morgan fingerprint density at radius 2 is 2.06 bits per heavy atom. The average molecular weight is 446 g/mol. The van der Waals surface area contributed by atoms with Crippen LogP contribution in [0.4, 0.5) is 5.82 Å². The maximum atomic E-state index is 11.3. The summed E-state index contributed by atoms with van der Waals surface area (Å²) in [7, 11) is 0. The number of ether oxygens (including phenoxy) is 3. The van der Waals surface area contributed by atoms with Crippen molar-refractivity contribution in [2.24, 2.45) is 5.73 Å². The minimum absolute atomic E-state index is 0.0515. The maximum absolute atomic E-state index is 11.3. The lowest BCUT2D eigenvalue weighted by molar-refractivity contribution is -0.216. The number of rotatable bonds is 8. The Balaban J connectivity index is 1.44. The van der Waals surface area contributed by atoms with Crippen LogP contribution in [0.15, 0.2) is 12.7 Å². The molecule has 174 valence electrons. The van der Waals surface area contributed by atoms with Crippen molar-refractivity contribution in [2.75, 3.05) is 18.9 Å². The Morgan fingerprint density at radius 3 is 2.78 bits per heavy atom. The number of primary amides is 1. The van der Waals surface area contributed by atoms with Crippen LogP contribution < -0.4 is 16.8 Å². The number of aromatic nitrogens is 4. The van der Waals surface area contributed by atoms with E-state index in [9.17, 15) is 4.79 Å². The molecule has 2 aromatic rings. The highest BCUT2D eigenvalue weighted by molar-refractivity contribution is 5.81. The van der Waals surface area contributed by atoms with Crippen LogP contribution in [0.25, 0.3) is 11.2 Å². The molecular formula is C21H31N7O4. The first-order chi connectivity index (χ1) is 15.2. The van der Waals surface area contributed by atoms with Crippen molar-refractivity contribution < 1.29 is 19.0 Å². The van der Waals surface area contributed by atoms with Gasteiger partial charge in [-0.1, -0.05) is 0 Å². The number of imidazole rings is 1. The molecule has 1 saturated carbocycles. The molecule has 2 aromatic heterocycles. The van der Waals surface area contributed by atoms with E-state index in [4.69, 9.17) is 25.7 Å². The van der Waals surface area contributed by atoms with Crippen molar-refractivity contribution in [1.82, 2.24) is 24.8 Å². The summed E-state index contributed by atoms with van der Waals surface area (Å²) in [6, 6.07) is 0. The summed E-state index contributed by atoms with van der Waals surface area (Å²) in [6.07, 6.45) is 7.52. The standard InChI is InChI=1S/C21H31N7O4/c1-19(2)31-13-10-30-21(16(13)32-19,28-12-26-15-17(23)24-11-25-18(15)28)8-9-27-20(5-3-6-20)7-4-14(22)29/h11-13,16,27H,3-10H2,1-2H3,(H2,22,29)(H2,23,24,25)/t13-,16-,21-/m1/s1. The van der Waals surface area contributed by atoms with Gasteiger partial charge >= 0.3 is 0 Å². The van der Waals surface area contributed by atoms with Gasteiger partial charge in [-0.05, 0) is 39.5 Å². The molecule has 3 fully saturated rings. The maximum Gasteiger partial charge on any atom is 0.217 e. The molecule has 4 heterocycles. The quantitative estimate of drug-likeness (QED) is 0.535.